The number of hydrogen-bond donors (Lipinski definition) is 0. The summed E-state index contributed by atoms with van der Waals surface area (Å²) in [7, 11) is 0. The summed E-state index contributed by atoms with van der Waals surface area (Å²) in [5.41, 5.74) is 14.5. The highest BCUT2D eigenvalue weighted by Gasteiger charge is 2.22. The highest BCUT2D eigenvalue weighted by Crippen LogP contribution is 2.47. The van der Waals surface area contributed by atoms with Gasteiger partial charge in [-0.2, -0.15) is 0 Å². The van der Waals surface area contributed by atoms with Crippen LogP contribution < -0.4 is 0 Å². The first-order chi connectivity index (χ1) is 30.7. The maximum atomic E-state index is 6.71. The molecule has 0 atom stereocenters. The quantitative estimate of drug-likeness (QED) is 0.161. The Labute approximate surface area is 357 Å². The molecule has 0 aliphatic heterocycles. The Balaban J connectivity index is 1.10. The summed E-state index contributed by atoms with van der Waals surface area (Å²) in [5.74, 6) is 1.69. The molecule has 0 aliphatic rings. The van der Waals surface area contributed by atoms with E-state index in [0.29, 0.717) is 17.5 Å². The summed E-state index contributed by atoms with van der Waals surface area (Å²) in [4.78, 5) is 15.5. The molecule has 3 aromatic heterocycles. The summed E-state index contributed by atoms with van der Waals surface area (Å²) >= 11 is 0. The predicted octanol–water partition coefficient (Wildman–Crippen LogP) is 15.3. The topological polar surface area (TPSA) is 65.0 Å². The third-order valence-corrected chi connectivity index (χ3v) is 11.7. The molecule has 0 fully saturated rings. The second-order valence-corrected chi connectivity index (χ2v) is 15.5. The van der Waals surface area contributed by atoms with Gasteiger partial charge in [0.05, 0.1) is 5.56 Å². The Bertz CT molecular complexity index is 3630. The van der Waals surface area contributed by atoms with Crippen molar-refractivity contribution in [2.24, 2.45) is 0 Å². The number of hydrogen-bond acceptors (Lipinski definition) is 5. The Hall–Kier alpha value is -8.41. The Morgan fingerprint density at radius 1 is 0.258 bits per heavy atom. The lowest BCUT2D eigenvalue weighted by Gasteiger charge is -2.19. The van der Waals surface area contributed by atoms with Gasteiger partial charge in [-0.25, -0.2) is 15.0 Å². The zero-order chi connectivity index (χ0) is 41.0. The summed E-state index contributed by atoms with van der Waals surface area (Å²) < 4.78 is 13.2. The zero-order valence-electron chi connectivity index (χ0n) is 33.4. The monoisotopic (exact) mass is 793 g/mol. The molecule has 12 aromatic rings. The van der Waals surface area contributed by atoms with Gasteiger partial charge in [-0.15, -0.1) is 0 Å². The Kier molecular flexibility index (Phi) is 8.42. The zero-order valence-corrected chi connectivity index (χ0v) is 33.4. The normalized spacial score (nSPS) is 11.5. The number of nitrogens with zero attached hydrogens (tertiary/aromatic N) is 3. The van der Waals surface area contributed by atoms with E-state index in [1.807, 2.05) is 72.8 Å². The standard InChI is InChI=1S/C57H35N3O2/c1-4-17-36(18-5-1)41-34-48(52(37-19-6-2-7-20-37)49(35-41)46-29-15-27-44-42-25-10-12-31-50(42)61-53(44)46)39-23-14-24-40(33-39)56-58-55(38-21-8-3-9-22-38)59-57(60-56)47-30-16-28-45-43-26-11-13-32-51(43)62-54(45)47/h1-35H. The molecular weight excluding hydrogens is 759 g/mol. The van der Waals surface area contributed by atoms with Crippen LogP contribution >= 0.6 is 0 Å². The number of fused-ring (bicyclic) bond motifs is 6. The van der Waals surface area contributed by atoms with E-state index < -0.39 is 0 Å². The second kappa shape index (κ2) is 14.7. The van der Waals surface area contributed by atoms with Gasteiger partial charge in [-0.05, 0) is 75.3 Å². The highest BCUT2D eigenvalue weighted by molar-refractivity contribution is 6.12. The molecule has 9 aromatic carbocycles. The molecule has 0 N–H and O–H groups in total. The maximum Gasteiger partial charge on any atom is 0.167 e. The minimum Gasteiger partial charge on any atom is -0.455 e. The molecule has 0 saturated heterocycles. The van der Waals surface area contributed by atoms with Gasteiger partial charge in [0.1, 0.15) is 22.3 Å². The Morgan fingerprint density at radius 3 is 1.37 bits per heavy atom. The molecule has 0 radical (unpaired) electrons. The van der Waals surface area contributed by atoms with Gasteiger partial charge >= 0.3 is 0 Å². The van der Waals surface area contributed by atoms with Crippen LogP contribution in [0, 0.1) is 0 Å². The minimum atomic E-state index is 0.543. The van der Waals surface area contributed by atoms with E-state index in [0.717, 1.165) is 105 Å². The summed E-state index contributed by atoms with van der Waals surface area (Å²) in [6.07, 6.45) is 0. The van der Waals surface area contributed by atoms with Gasteiger partial charge in [0, 0.05) is 38.2 Å². The molecule has 0 amide bonds. The molecule has 290 valence electrons. The van der Waals surface area contributed by atoms with E-state index in [1.165, 1.54) is 0 Å². The largest absolute Gasteiger partial charge is 0.455 e. The first-order valence-electron chi connectivity index (χ1n) is 20.8. The first-order valence-corrected chi connectivity index (χ1v) is 20.8. The molecule has 62 heavy (non-hydrogen) atoms. The average molecular weight is 794 g/mol. The first kappa shape index (κ1) is 35.5. The van der Waals surface area contributed by atoms with Gasteiger partial charge in [0.25, 0.3) is 0 Å². The molecule has 5 nitrogen and oxygen atoms in total. The molecular formula is C57H35N3O2. The summed E-state index contributed by atoms with van der Waals surface area (Å²) in [6.45, 7) is 0. The summed E-state index contributed by atoms with van der Waals surface area (Å²) in [6, 6.07) is 73.5. The molecule has 3 heterocycles. The predicted molar refractivity (Wildman–Crippen MR) is 252 cm³/mol. The summed E-state index contributed by atoms with van der Waals surface area (Å²) in [5, 5.41) is 4.26. The lowest BCUT2D eigenvalue weighted by molar-refractivity contribution is 0.669. The number of para-hydroxylation sites is 4. The van der Waals surface area contributed by atoms with Crippen molar-refractivity contribution in [3.8, 4) is 78.7 Å². The van der Waals surface area contributed by atoms with E-state index in [-0.39, 0.29) is 0 Å². The van der Waals surface area contributed by atoms with Gasteiger partial charge < -0.3 is 8.83 Å². The third-order valence-electron chi connectivity index (χ3n) is 11.7. The van der Waals surface area contributed by atoms with Crippen LogP contribution in [0.1, 0.15) is 0 Å². The van der Waals surface area contributed by atoms with Crippen LogP contribution in [0.25, 0.3) is 123 Å². The van der Waals surface area contributed by atoms with E-state index in [4.69, 9.17) is 23.8 Å². The van der Waals surface area contributed by atoms with Crippen LogP contribution in [-0.4, -0.2) is 15.0 Å². The van der Waals surface area contributed by atoms with Crippen molar-refractivity contribution in [1.82, 2.24) is 15.0 Å². The van der Waals surface area contributed by atoms with Crippen molar-refractivity contribution in [1.29, 1.82) is 0 Å². The number of benzene rings is 9. The molecule has 0 spiro atoms. The van der Waals surface area contributed by atoms with Crippen LogP contribution in [0.15, 0.2) is 221 Å². The van der Waals surface area contributed by atoms with Gasteiger partial charge in [-0.3, -0.25) is 0 Å². The Morgan fingerprint density at radius 2 is 0.710 bits per heavy atom. The van der Waals surface area contributed by atoms with Crippen molar-refractivity contribution in [2.75, 3.05) is 0 Å². The van der Waals surface area contributed by atoms with Crippen molar-refractivity contribution >= 4 is 43.9 Å². The fraction of sp³-hybridized carbons (Fsp3) is 0. The number of aromatic nitrogens is 3. The van der Waals surface area contributed by atoms with Crippen molar-refractivity contribution < 1.29 is 8.83 Å². The van der Waals surface area contributed by atoms with Gasteiger partial charge in [0.15, 0.2) is 17.5 Å². The average Bonchev–Trinajstić information content (AvgIpc) is 3.93. The number of rotatable bonds is 7. The van der Waals surface area contributed by atoms with Gasteiger partial charge in [0.2, 0.25) is 0 Å². The van der Waals surface area contributed by atoms with Crippen LogP contribution in [0.2, 0.25) is 0 Å². The van der Waals surface area contributed by atoms with Crippen molar-refractivity contribution in [3.63, 3.8) is 0 Å². The van der Waals surface area contributed by atoms with Crippen LogP contribution in [0.5, 0.6) is 0 Å². The van der Waals surface area contributed by atoms with Crippen molar-refractivity contribution in [3.05, 3.63) is 212 Å². The molecule has 0 saturated carbocycles. The van der Waals surface area contributed by atoms with E-state index >= 15 is 0 Å². The maximum absolute atomic E-state index is 6.71. The molecule has 12 rings (SSSR count). The van der Waals surface area contributed by atoms with E-state index in [1.54, 1.807) is 0 Å². The fourth-order valence-corrected chi connectivity index (χ4v) is 8.85. The smallest absolute Gasteiger partial charge is 0.167 e. The molecule has 5 heteroatoms. The molecule has 0 aliphatic carbocycles. The highest BCUT2D eigenvalue weighted by atomic mass is 16.3. The molecule has 0 bridgehead atoms. The van der Waals surface area contributed by atoms with Crippen molar-refractivity contribution in [2.45, 2.75) is 0 Å². The number of furan rings is 2. The van der Waals surface area contributed by atoms with Gasteiger partial charge in [-0.1, -0.05) is 176 Å². The fourth-order valence-electron chi connectivity index (χ4n) is 8.85. The van der Waals surface area contributed by atoms with E-state index in [2.05, 4.69) is 140 Å². The second-order valence-electron chi connectivity index (χ2n) is 15.5. The lowest BCUT2D eigenvalue weighted by Crippen LogP contribution is -2.00. The van der Waals surface area contributed by atoms with Crippen LogP contribution in [-0.2, 0) is 0 Å². The SMILES string of the molecule is c1ccc(-c2cc(-c3cccc(-c4nc(-c5ccccc5)nc(-c5cccc6c5oc5ccccc56)n4)c3)c(-c3ccccc3)c(-c3cccc4c3oc3ccccc34)c2)cc1. The third kappa shape index (κ3) is 6.06. The lowest BCUT2D eigenvalue weighted by atomic mass is 9.84. The van der Waals surface area contributed by atoms with Crippen LogP contribution in [0.4, 0.5) is 0 Å². The van der Waals surface area contributed by atoms with Crippen LogP contribution in [0.3, 0.4) is 0 Å². The minimum absolute atomic E-state index is 0.543. The van der Waals surface area contributed by atoms with E-state index in [9.17, 15) is 0 Å². The molecule has 0 unspecified atom stereocenters.